The first-order valence-corrected chi connectivity index (χ1v) is 10.1. The van der Waals surface area contributed by atoms with Crippen molar-refractivity contribution in [1.29, 1.82) is 0 Å². The summed E-state index contributed by atoms with van der Waals surface area (Å²) < 4.78 is 37.0. The molecule has 2 aromatic heterocycles. The van der Waals surface area contributed by atoms with E-state index in [9.17, 15) is 24.0 Å². The average Bonchev–Trinajstić information content (AvgIpc) is 3.07. The Labute approximate surface area is 207 Å². The van der Waals surface area contributed by atoms with Crippen molar-refractivity contribution in [3.8, 4) is 0 Å². The minimum absolute atomic E-state index is 0. The first-order chi connectivity index (χ1) is 12.5. The number of rotatable bonds is 6. The van der Waals surface area contributed by atoms with Crippen molar-refractivity contribution in [2.24, 2.45) is 0 Å². The third-order valence-electron chi connectivity index (χ3n) is 3.63. The summed E-state index contributed by atoms with van der Waals surface area (Å²) in [4.78, 5) is 51.1. The van der Waals surface area contributed by atoms with Gasteiger partial charge in [-0.3, -0.25) is 13.7 Å². The van der Waals surface area contributed by atoms with Crippen molar-refractivity contribution in [2.45, 2.75) is 24.5 Å². The van der Waals surface area contributed by atoms with Gasteiger partial charge in [-0.15, -0.1) is 0 Å². The van der Waals surface area contributed by atoms with Gasteiger partial charge in [-0.25, -0.2) is 15.0 Å². The van der Waals surface area contributed by atoms with Crippen molar-refractivity contribution < 1.29 is 47.6 Å². The van der Waals surface area contributed by atoms with Gasteiger partial charge in [0.25, 0.3) is 15.6 Å². The van der Waals surface area contributed by atoms with Crippen LogP contribution in [0.25, 0.3) is 11.2 Å². The monoisotopic (exact) mass is 471 g/mol. The Kier molecular flexibility index (Phi) is 9.87. The molecule has 0 saturated carbocycles. The number of anilines is 1. The van der Waals surface area contributed by atoms with E-state index in [-0.39, 0.29) is 76.1 Å². The van der Waals surface area contributed by atoms with Gasteiger partial charge in [0.2, 0.25) is 0 Å². The molecule has 0 bridgehead atoms. The van der Waals surface area contributed by atoms with Gasteiger partial charge in [0.05, 0.1) is 12.9 Å². The first kappa shape index (κ1) is 27.5. The van der Waals surface area contributed by atoms with E-state index in [1.165, 1.54) is 10.9 Å². The summed E-state index contributed by atoms with van der Waals surface area (Å²) in [5.74, 6) is 0.0333. The summed E-state index contributed by atoms with van der Waals surface area (Å²) in [6.07, 6.45) is -4.07. The number of aliphatic hydroxyl groups is 1. The second-order valence-electron chi connectivity index (χ2n) is 5.44. The molecule has 1 aliphatic rings. The third kappa shape index (κ3) is 6.73. The molecule has 2 radical (unpaired) electrons. The fourth-order valence-electron chi connectivity index (χ4n) is 2.59. The van der Waals surface area contributed by atoms with E-state index < -0.39 is 46.8 Å². The van der Waals surface area contributed by atoms with Gasteiger partial charge in [0.1, 0.15) is 30.2 Å². The molecule has 2 unspecified atom stereocenters. The van der Waals surface area contributed by atoms with Gasteiger partial charge >= 0.3 is 0 Å². The molecular weight excluding hydrogens is 458 g/mol. The summed E-state index contributed by atoms with van der Waals surface area (Å²) in [7, 11) is -10.5. The Balaban J connectivity index is 0.00000210. The topological polar surface area (TPSA) is 238 Å². The van der Waals surface area contributed by atoms with Gasteiger partial charge < -0.3 is 44.2 Å². The number of hydrogen-bond acceptors (Lipinski definition) is 12. The third-order valence-corrected chi connectivity index (χ3v) is 4.61. The minimum Gasteiger partial charge on any atom is -0.756 e. The Morgan fingerprint density at radius 3 is 2.45 bits per heavy atom. The molecule has 1 saturated heterocycles. The Morgan fingerprint density at radius 1 is 1.21 bits per heavy atom. The number of phosphoric ester groups is 2. The number of aliphatic hydroxyl groups excluding tert-OH is 1. The zero-order valence-corrected chi connectivity index (χ0v) is 20.9. The average molecular weight is 471 g/mol. The largest absolute Gasteiger partial charge is 0.756 e. The van der Waals surface area contributed by atoms with Gasteiger partial charge in [0, 0.05) is 59.1 Å². The minimum atomic E-state index is -5.34. The number of nitrogen functional groups attached to an aromatic ring is 1. The quantitative estimate of drug-likeness (QED) is 0.234. The van der Waals surface area contributed by atoms with Crippen LogP contribution in [0, 0.1) is 0 Å². The molecule has 2 aromatic rings. The number of nitrogens with zero attached hydrogens (tertiary/aromatic N) is 4. The summed E-state index contributed by atoms with van der Waals surface area (Å²) in [5.41, 5.74) is 5.95. The number of ether oxygens (including phenoxy) is 1. The van der Waals surface area contributed by atoms with Crippen LogP contribution in [0.4, 0.5) is 5.82 Å². The zero-order valence-electron chi connectivity index (χ0n) is 15.1. The van der Waals surface area contributed by atoms with E-state index in [1.54, 1.807) is 0 Å². The first-order valence-electron chi connectivity index (χ1n) is 7.13. The van der Waals surface area contributed by atoms with E-state index in [1.807, 2.05) is 0 Å². The molecule has 1 aliphatic heterocycles. The molecular formula is C10H13N5Na2O10P2-2. The molecule has 19 heteroatoms. The molecule has 1 fully saturated rings. The van der Waals surface area contributed by atoms with Crippen molar-refractivity contribution in [2.75, 3.05) is 12.3 Å². The van der Waals surface area contributed by atoms with Crippen molar-refractivity contribution in [3.63, 3.8) is 0 Å². The van der Waals surface area contributed by atoms with Gasteiger partial charge in [-0.2, -0.15) is 0 Å². The summed E-state index contributed by atoms with van der Waals surface area (Å²) in [6.45, 7) is -0.904. The number of phosphoric acid groups is 2. The number of fused-ring (bicyclic) bond motifs is 1. The zero-order chi connectivity index (χ0) is 20.0. The second-order valence-corrected chi connectivity index (χ2v) is 7.78. The summed E-state index contributed by atoms with van der Waals surface area (Å²) in [5, 5.41) is 10.4. The smallest absolute Gasteiger partial charge is 0.265 e. The second kappa shape index (κ2) is 10.4. The normalized spacial score (nSPS) is 28.2. The maximum Gasteiger partial charge on any atom is 0.265 e. The Bertz CT molecular complexity index is 937. The molecule has 152 valence electrons. The van der Waals surface area contributed by atoms with Crippen LogP contribution in [0.3, 0.4) is 0 Å². The molecule has 5 N–H and O–H groups in total. The Hall–Kier alpha value is 0.490. The van der Waals surface area contributed by atoms with E-state index >= 15 is 0 Å². The van der Waals surface area contributed by atoms with Crippen LogP contribution in [0.2, 0.25) is 0 Å². The predicted molar refractivity (Wildman–Crippen MR) is 91.6 cm³/mol. The molecule has 0 amide bonds. The number of aromatic nitrogens is 4. The van der Waals surface area contributed by atoms with E-state index in [0.29, 0.717) is 0 Å². The van der Waals surface area contributed by atoms with Gasteiger partial charge in [-0.1, -0.05) is 0 Å². The molecule has 3 rings (SSSR count). The molecule has 0 aromatic carbocycles. The number of nitrogens with two attached hydrogens (primary N) is 1. The predicted octanol–water partition coefficient (Wildman–Crippen LogP) is -3.77. The van der Waals surface area contributed by atoms with Gasteiger partial charge in [-0.05, 0) is 0 Å². The fourth-order valence-corrected chi connectivity index (χ4v) is 3.49. The molecule has 0 aliphatic carbocycles. The SMILES string of the molecule is Nc1ncnc2c1ncn2[C@@H]1O[C@H](COP(=O)([O-])O)[C@@H](OP(=O)([O-])O)[C@H]1O.[Na].[Na]. The van der Waals surface area contributed by atoms with Crippen molar-refractivity contribution >= 4 is 91.7 Å². The molecule has 29 heavy (non-hydrogen) atoms. The van der Waals surface area contributed by atoms with Crippen molar-refractivity contribution in [3.05, 3.63) is 12.7 Å². The summed E-state index contributed by atoms with van der Waals surface area (Å²) >= 11 is 0. The Morgan fingerprint density at radius 2 is 1.86 bits per heavy atom. The number of hydrogen-bond donors (Lipinski definition) is 4. The maximum absolute atomic E-state index is 11.1. The van der Waals surface area contributed by atoms with Crippen LogP contribution in [0.15, 0.2) is 12.7 Å². The number of imidazole rings is 1. The molecule has 15 nitrogen and oxygen atoms in total. The van der Waals surface area contributed by atoms with Crippen molar-refractivity contribution in [1.82, 2.24) is 19.5 Å². The van der Waals surface area contributed by atoms with Crippen LogP contribution in [-0.2, 0) is 22.9 Å². The van der Waals surface area contributed by atoms with Crippen LogP contribution in [-0.4, -0.2) is 118 Å². The van der Waals surface area contributed by atoms with Crippen LogP contribution in [0.5, 0.6) is 0 Å². The van der Waals surface area contributed by atoms with Gasteiger partial charge in [0.15, 0.2) is 17.7 Å². The molecule has 3 heterocycles. The van der Waals surface area contributed by atoms with Crippen LogP contribution in [0.1, 0.15) is 6.23 Å². The van der Waals surface area contributed by atoms with E-state index in [0.717, 1.165) is 6.33 Å². The maximum atomic E-state index is 11.1. The van der Waals surface area contributed by atoms with E-state index in [2.05, 4.69) is 24.0 Å². The van der Waals surface area contributed by atoms with Crippen LogP contribution < -0.4 is 15.5 Å². The standard InChI is InChI=1S/C10H15N5O10P2.2Na/c11-8-5-9(13-2-12-8)15(3-14-5)10-6(16)7(25-27(20,21)22)4(24-10)1-23-26(17,18)19;;/h2-4,6-7,10,16H,1H2,(H2,11,12,13)(H2,17,18,19)(H2,20,21,22);;/p-2/t4-,6-,7-,10-;;/m1../s1. The summed E-state index contributed by atoms with van der Waals surface area (Å²) in [6, 6.07) is 0. The fraction of sp³-hybridized carbons (Fsp3) is 0.500. The van der Waals surface area contributed by atoms with E-state index in [4.69, 9.17) is 20.3 Å². The molecule has 6 atom stereocenters. The molecule has 0 spiro atoms. The van der Waals surface area contributed by atoms with Crippen LogP contribution >= 0.6 is 15.6 Å².